The fraction of sp³-hybridized carbons (Fsp3) is 0.417. The first-order valence-electron chi connectivity index (χ1n) is 11.1. The van der Waals surface area contributed by atoms with Crippen molar-refractivity contribution in [2.75, 3.05) is 40.5 Å². The predicted octanol–water partition coefficient (Wildman–Crippen LogP) is 3.56. The summed E-state index contributed by atoms with van der Waals surface area (Å²) in [5.41, 5.74) is 4.81. The molecule has 0 N–H and O–H groups in total. The highest BCUT2D eigenvalue weighted by molar-refractivity contribution is 5.83. The Kier molecular flexibility index (Phi) is 5.96. The molecule has 0 radical (unpaired) electrons. The molecule has 32 heavy (non-hydrogen) atoms. The topological polar surface area (TPSA) is 77.7 Å². The maximum Gasteiger partial charge on any atom is 0.213 e. The van der Waals surface area contributed by atoms with Gasteiger partial charge in [-0.25, -0.2) is 4.98 Å². The molecule has 0 spiro atoms. The molecule has 8 nitrogen and oxygen atoms in total. The first-order valence-corrected chi connectivity index (χ1v) is 11.1. The number of aromatic nitrogens is 5. The third kappa shape index (κ3) is 4.28. The number of rotatable bonds is 7. The van der Waals surface area contributed by atoms with Crippen molar-refractivity contribution in [1.82, 2.24) is 29.5 Å². The van der Waals surface area contributed by atoms with Crippen LogP contribution in [0.15, 0.2) is 42.7 Å². The molecule has 0 bridgehead atoms. The fourth-order valence-corrected chi connectivity index (χ4v) is 4.17. The van der Waals surface area contributed by atoms with Crippen LogP contribution < -0.4 is 4.74 Å². The van der Waals surface area contributed by atoms with E-state index in [0.717, 1.165) is 72.7 Å². The molecular weight excluding hydrogens is 404 g/mol. The maximum absolute atomic E-state index is 5.77. The Labute approximate surface area is 187 Å². The average molecular weight is 433 g/mol. The highest BCUT2D eigenvalue weighted by Crippen LogP contribution is 2.30. The van der Waals surface area contributed by atoms with Gasteiger partial charge in [0.1, 0.15) is 5.82 Å². The average Bonchev–Trinajstić information content (AvgIpc) is 3.27. The Bertz CT molecular complexity index is 1200. The van der Waals surface area contributed by atoms with Crippen LogP contribution in [0.5, 0.6) is 5.88 Å². The van der Waals surface area contributed by atoms with Gasteiger partial charge in [0.05, 0.1) is 23.8 Å². The van der Waals surface area contributed by atoms with Crippen molar-refractivity contribution >= 4 is 16.7 Å². The van der Waals surface area contributed by atoms with Gasteiger partial charge in [-0.05, 0) is 57.1 Å². The number of nitrogens with zero attached hydrogens (tertiary/aromatic N) is 6. The summed E-state index contributed by atoms with van der Waals surface area (Å²) < 4.78 is 13.5. The second-order valence-corrected chi connectivity index (χ2v) is 8.49. The number of fused-ring (bicyclic) bond motifs is 3. The smallest absolute Gasteiger partial charge is 0.213 e. The summed E-state index contributed by atoms with van der Waals surface area (Å²) in [4.78, 5) is 11.2. The van der Waals surface area contributed by atoms with Crippen LogP contribution in [0.1, 0.15) is 31.0 Å². The molecule has 0 amide bonds. The minimum atomic E-state index is 0.346. The van der Waals surface area contributed by atoms with Gasteiger partial charge in [-0.3, -0.25) is 9.38 Å². The van der Waals surface area contributed by atoms with Gasteiger partial charge in [0.25, 0.3) is 0 Å². The van der Waals surface area contributed by atoms with Crippen molar-refractivity contribution in [3.05, 3.63) is 48.5 Å². The predicted molar refractivity (Wildman–Crippen MR) is 123 cm³/mol. The lowest BCUT2D eigenvalue weighted by molar-refractivity contribution is 0.0834. The van der Waals surface area contributed by atoms with Crippen molar-refractivity contribution in [3.63, 3.8) is 0 Å². The van der Waals surface area contributed by atoms with E-state index in [-0.39, 0.29) is 0 Å². The van der Waals surface area contributed by atoms with Gasteiger partial charge in [-0.15, -0.1) is 10.2 Å². The van der Waals surface area contributed by atoms with E-state index >= 15 is 0 Å². The maximum atomic E-state index is 5.77. The lowest BCUT2D eigenvalue weighted by atomic mass is 9.99. The van der Waals surface area contributed by atoms with Gasteiger partial charge in [-0.1, -0.05) is 6.07 Å². The molecule has 4 aromatic rings. The lowest BCUT2D eigenvalue weighted by Gasteiger charge is -2.20. The Morgan fingerprint density at radius 2 is 1.88 bits per heavy atom. The molecule has 0 atom stereocenters. The number of hydrogen-bond acceptors (Lipinski definition) is 7. The first-order chi connectivity index (χ1) is 15.7. The normalized spacial score (nSPS) is 15.1. The van der Waals surface area contributed by atoms with Crippen molar-refractivity contribution in [2.45, 2.75) is 25.2 Å². The van der Waals surface area contributed by atoms with Gasteiger partial charge in [0.2, 0.25) is 5.88 Å². The van der Waals surface area contributed by atoms with Gasteiger partial charge in [0.15, 0.2) is 5.65 Å². The van der Waals surface area contributed by atoms with E-state index in [0.29, 0.717) is 18.4 Å². The summed E-state index contributed by atoms with van der Waals surface area (Å²) in [6.45, 7) is 3.19. The van der Waals surface area contributed by atoms with Gasteiger partial charge in [-0.2, -0.15) is 0 Å². The molecule has 1 aliphatic heterocycles. The summed E-state index contributed by atoms with van der Waals surface area (Å²) >= 11 is 0. The Morgan fingerprint density at radius 1 is 1.03 bits per heavy atom. The number of ether oxygens (including phenoxy) is 2. The van der Waals surface area contributed by atoms with Crippen molar-refractivity contribution in [3.8, 4) is 17.0 Å². The van der Waals surface area contributed by atoms with E-state index in [1.807, 2.05) is 18.3 Å². The zero-order valence-electron chi connectivity index (χ0n) is 18.6. The number of pyridine rings is 1. The van der Waals surface area contributed by atoms with Crippen LogP contribution in [0.25, 0.3) is 27.8 Å². The number of benzene rings is 1. The quantitative estimate of drug-likeness (QED) is 0.413. The molecule has 1 aliphatic rings. The molecule has 8 heteroatoms. The summed E-state index contributed by atoms with van der Waals surface area (Å²) in [6, 6.07) is 10.3. The Hall–Kier alpha value is -3.10. The van der Waals surface area contributed by atoms with E-state index in [9.17, 15) is 0 Å². The molecule has 0 saturated carbocycles. The minimum absolute atomic E-state index is 0.346. The summed E-state index contributed by atoms with van der Waals surface area (Å²) in [7, 11) is 4.12. The van der Waals surface area contributed by atoms with E-state index in [1.165, 1.54) is 0 Å². The molecule has 1 fully saturated rings. The van der Waals surface area contributed by atoms with Crippen molar-refractivity contribution in [2.24, 2.45) is 0 Å². The second kappa shape index (κ2) is 9.18. The molecule has 5 rings (SSSR count). The van der Waals surface area contributed by atoms with Crippen LogP contribution in [0.4, 0.5) is 0 Å². The molecule has 166 valence electrons. The molecule has 0 aliphatic carbocycles. The first kappa shape index (κ1) is 20.8. The Balaban J connectivity index is 1.43. The third-order valence-electron chi connectivity index (χ3n) is 5.90. The van der Waals surface area contributed by atoms with Crippen LogP contribution in [0, 0.1) is 0 Å². The van der Waals surface area contributed by atoms with E-state index in [1.54, 1.807) is 6.20 Å². The zero-order chi connectivity index (χ0) is 21.9. The Morgan fingerprint density at radius 3 is 2.66 bits per heavy atom. The molecule has 1 saturated heterocycles. The van der Waals surface area contributed by atoms with E-state index in [4.69, 9.17) is 9.47 Å². The lowest BCUT2D eigenvalue weighted by Crippen LogP contribution is -2.16. The zero-order valence-corrected chi connectivity index (χ0v) is 18.6. The molecule has 0 unspecified atom stereocenters. The highest BCUT2D eigenvalue weighted by atomic mass is 16.5. The molecule has 1 aromatic carbocycles. The van der Waals surface area contributed by atoms with Crippen LogP contribution in [-0.2, 0) is 4.74 Å². The van der Waals surface area contributed by atoms with Crippen LogP contribution in [-0.4, -0.2) is 69.9 Å². The molecule has 4 heterocycles. The van der Waals surface area contributed by atoms with E-state index < -0.39 is 0 Å². The molecule has 3 aromatic heterocycles. The van der Waals surface area contributed by atoms with Crippen LogP contribution in [0.3, 0.4) is 0 Å². The number of hydrogen-bond donors (Lipinski definition) is 0. The standard InChI is InChI=1S/C24H28N6O2/c1-29(2)10-3-11-32-23-7-5-19(15-26-23)18-4-6-20-21(14-18)30-22(16-25-20)27-28-24(30)17-8-12-31-13-9-17/h4-7,14-17H,3,8-13H2,1-2H3. The van der Waals surface area contributed by atoms with Gasteiger partial charge >= 0.3 is 0 Å². The summed E-state index contributed by atoms with van der Waals surface area (Å²) in [5.74, 6) is 1.99. The van der Waals surface area contributed by atoms with Crippen molar-refractivity contribution in [1.29, 1.82) is 0 Å². The summed E-state index contributed by atoms with van der Waals surface area (Å²) in [5, 5.41) is 8.90. The van der Waals surface area contributed by atoms with Crippen molar-refractivity contribution < 1.29 is 9.47 Å². The second-order valence-electron chi connectivity index (χ2n) is 8.49. The summed E-state index contributed by atoms with van der Waals surface area (Å²) in [6.07, 6.45) is 6.55. The van der Waals surface area contributed by atoms with Gasteiger partial charge < -0.3 is 14.4 Å². The van der Waals surface area contributed by atoms with Crippen LogP contribution >= 0.6 is 0 Å². The highest BCUT2D eigenvalue weighted by Gasteiger charge is 2.22. The molecular formula is C24H28N6O2. The van der Waals surface area contributed by atoms with Crippen LogP contribution in [0.2, 0.25) is 0 Å². The van der Waals surface area contributed by atoms with E-state index in [2.05, 4.69) is 61.8 Å². The fourth-order valence-electron chi connectivity index (χ4n) is 4.17. The minimum Gasteiger partial charge on any atom is -0.478 e. The monoisotopic (exact) mass is 432 g/mol. The third-order valence-corrected chi connectivity index (χ3v) is 5.90. The largest absolute Gasteiger partial charge is 0.478 e. The van der Waals surface area contributed by atoms with Gasteiger partial charge in [0, 0.05) is 43.5 Å². The SMILES string of the molecule is CN(C)CCCOc1ccc(-c2ccc3ncc4nnc(C5CCOCC5)n4c3c2)cn1.